The van der Waals surface area contributed by atoms with Gasteiger partial charge in [0.1, 0.15) is 0 Å². The molecule has 1 amide bonds. The monoisotopic (exact) mass is 392 g/mol. The molecule has 0 unspecified atom stereocenters. The predicted molar refractivity (Wildman–Crippen MR) is 115 cm³/mol. The summed E-state index contributed by atoms with van der Waals surface area (Å²) < 4.78 is 5.32. The van der Waals surface area contributed by atoms with Crippen LogP contribution in [0.15, 0.2) is 53.1 Å². The maximum Gasteiger partial charge on any atom is 0.227 e. The molecule has 0 aliphatic rings. The van der Waals surface area contributed by atoms with Gasteiger partial charge in [0.25, 0.3) is 0 Å². The van der Waals surface area contributed by atoms with Gasteiger partial charge in [0.15, 0.2) is 0 Å². The normalized spacial score (nSPS) is 11.0. The summed E-state index contributed by atoms with van der Waals surface area (Å²) in [6.07, 6.45) is 0.682. The van der Waals surface area contributed by atoms with Gasteiger partial charge in [-0.25, -0.2) is 0 Å². The average molecular weight is 393 g/mol. The number of hydrogen-bond donors (Lipinski definition) is 2. The Morgan fingerprint density at radius 1 is 1.10 bits per heavy atom. The van der Waals surface area contributed by atoms with Crippen LogP contribution in [0.5, 0.6) is 0 Å². The van der Waals surface area contributed by atoms with Crippen LogP contribution in [0.25, 0.3) is 11.4 Å². The largest absolute Gasteiger partial charge is 0.339 e. The molecule has 2 N–H and O–H groups in total. The molecule has 0 bridgehead atoms. The number of para-hydroxylation sites is 1. The molecular weight excluding hydrogens is 364 g/mol. The fourth-order valence-corrected chi connectivity index (χ4v) is 2.98. The highest BCUT2D eigenvalue weighted by molar-refractivity contribution is 5.91. The van der Waals surface area contributed by atoms with E-state index in [1.165, 1.54) is 5.56 Å². The molecule has 6 heteroatoms. The minimum absolute atomic E-state index is 0.0741. The molecule has 1 aromatic heterocycles. The molecule has 0 spiro atoms. The molecule has 0 saturated carbocycles. The van der Waals surface area contributed by atoms with Crippen molar-refractivity contribution in [1.29, 1.82) is 0 Å². The van der Waals surface area contributed by atoms with E-state index in [1.54, 1.807) is 0 Å². The maximum absolute atomic E-state index is 12.4. The molecule has 0 aliphatic carbocycles. The van der Waals surface area contributed by atoms with Gasteiger partial charge in [0.05, 0.1) is 0 Å². The molecular formula is C23H28N4O2. The van der Waals surface area contributed by atoms with Crippen LogP contribution < -0.4 is 10.6 Å². The summed E-state index contributed by atoms with van der Waals surface area (Å²) >= 11 is 0. The van der Waals surface area contributed by atoms with E-state index in [4.69, 9.17) is 4.52 Å². The van der Waals surface area contributed by atoms with Gasteiger partial charge in [-0.05, 0) is 29.7 Å². The summed E-state index contributed by atoms with van der Waals surface area (Å²) in [4.78, 5) is 16.8. The first-order valence-electron chi connectivity index (χ1n) is 10.1. The number of amides is 1. The van der Waals surface area contributed by atoms with Gasteiger partial charge in [0, 0.05) is 30.6 Å². The van der Waals surface area contributed by atoms with Crippen molar-refractivity contribution < 1.29 is 9.32 Å². The third-order valence-electron chi connectivity index (χ3n) is 4.73. The van der Waals surface area contributed by atoms with Crippen LogP contribution in [0.2, 0.25) is 0 Å². The van der Waals surface area contributed by atoms with Gasteiger partial charge < -0.3 is 15.2 Å². The third kappa shape index (κ3) is 5.74. The van der Waals surface area contributed by atoms with Crippen LogP contribution in [0.4, 0.5) is 5.69 Å². The van der Waals surface area contributed by atoms with E-state index in [9.17, 15) is 4.79 Å². The van der Waals surface area contributed by atoms with Gasteiger partial charge in [0.2, 0.25) is 17.6 Å². The average Bonchev–Trinajstić information content (AvgIpc) is 3.21. The molecule has 1 heterocycles. The Morgan fingerprint density at radius 2 is 1.86 bits per heavy atom. The lowest BCUT2D eigenvalue weighted by atomic mass is 10.0. The summed E-state index contributed by atoms with van der Waals surface area (Å²) in [5.74, 6) is 1.41. The number of nitrogens with one attached hydrogen (secondary N) is 2. The summed E-state index contributed by atoms with van der Waals surface area (Å²) in [6.45, 7) is 7.96. The number of carbonyl (C=O) groups is 1. The lowest BCUT2D eigenvalue weighted by Gasteiger charge is -2.11. The maximum atomic E-state index is 12.4. The lowest BCUT2D eigenvalue weighted by Crippen LogP contribution is -2.17. The number of aromatic nitrogens is 2. The smallest absolute Gasteiger partial charge is 0.227 e. The standard InChI is InChI=1S/C23H28N4O2/c1-4-24-15-19-7-5-6-8-20(19)25-21(28)13-14-22-26-23(27-29-22)18-11-9-17(10-12-18)16(2)3/h5-12,16,24H,4,13-15H2,1-3H3,(H,25,28). The number of nitrogens with zero attached hydrogens (tertiary/aromatic N) is 2. The fraction of sp³-hybridized carbons (Fsp3) is 0.348. The molecule has 152 valence electrons. The Bertz CT molecular complexity index is 932. The molecule has 6 nitrogen and oxygen atoms in total. The van der Waals surface area contributed by atoms with E-state index < -0.39 is 0 Å². The zero-order chi connectivity index (χ0) is 20.6. The second kappa shape index (κ2) is 9.98. The van der Waals surface area contributed by atoms with Gasteiger partial charge in [-0.3, -0.25) is 4.79 Å². The van der Waals surface area contributed by atoms with E-state index in [0.29, 0.717) is 24.1 Å². The van der Waals surface area contributed by atoms with Crippen molar-refractivity contribution in [2.24, 2.45) is 0 Å². The molecule has 0 atom stereocenters. The van der Waals surface area contributed by atoms with Crippen molar-refractivity contribution in [2.45, 2.75) is 46.1 Å². The topological polar surface area (TPSA) is 80.0 Å². The number of carbonyl (C=O) groups excluding carboxylic acids is 1. The van der Waals surface area contributed by atoms with Crippen molar-refractivity contribution in [3.8, 4) is 11.4 Å². The van der Waals surface area contributed by atoms with Gasteiger partial charge in [-0.2, -0.15) is 4.98 Å². The molecule has 3 aromatic rings. The van der Waals surface area contributed by atoms with Crippen LogP contribution in [0, 0.1) is 0 Å². The molecule has 0 saturated heterocycles. The van der Waals surface area contributed by atoms with Crippen molar-refractivity contribution in [3.05, 3.63) is 65.5 Å². The quantitative estimate of drug-likeness (QED) is 0.559. The minimum Gasteiger partial charge on any atom is -0.339 e. The zero-order valence-corrected chi connectivity index (χ0v) is 17.2. The third-order valence-corrected chi connectivity index (χ3v) is 4.73. The first-order valence-corrected chi connectivity index (χ1v) is 10.1. The zero-order valence-electron chi connectivity index (χ0n) is 17.2. The highest BCUT2D eigenvalue weighted by Crippen LogP contribution is 2.21. The molecule has 2 aromatic carbocycles. The summed E-state index contributed by atoms with van der Waals surface area (Å²) in [5.41, 5.74) is 4.07. The highest BCUT2D eigenvalue weighted by atomic mass is 16.5. The Kier molecular flexibility index (Phi) is 7.14. The summed E-state index contributed by atoms with van der Waals surface area (Å²) in [5, 5.41) is 10.3. The Hall–Kier alpha value is -2.99. The van der Waals surface area contributed by atoms with Crippen molar-refractivity contribution in [1.82, 2.24) is 15.5 Å². The minimum atomic E-state index is -0.0741. The number of hydrogen-bond acceptors (Lipinski definition) is 5. The number of anilines is 1. The van der Waals surface area contributed by atoms with Gasteiger partial charge in [-0.1, -0.05) is 68.4 Å². The predicted octanol–water partition coefficient (Wildman–Crippen LogP) is 4.54. The molecule has 3 rings (SSSR count). The number of aryl methyl sites for hydroxylation is 1. The number of rotatable bonds is 9. The van der Waals surface area contributed by atoms with Crippen molar-refractivity contribution in [3.63, 3.8) is 0 Å². The number of benzene rings is 2. The van der Waals surface area contributed by atoms with Crippen LogP contribution >= 0.6 is 0 Å². The van der Waals surface area contributed by atoms with E-state index in [2.05, 4.69) is 53.7 Å². The first-order chi connectivity index (χ1) is 14.1. The van der Waals surface area contributed by atoms with Gasteiger partial charge >= 0.3 is 0 Å². The van der Waals surface area contributed by atoms with Crippen molar-refractivity contribution in [2.75, 3.05) is 11.9 Å². The van der Waals surface area contributed by atoms with E-state index >= 15 is 0 Å². The SMILES string of the molecule is CCNCc1ccccc1NC(=O)CCc1nc(-c2ccc(C(C)C)cc2)no1. The van der Waals surface area contributed by atoms with E-state index in [-0.39, 0.29) is 12.3 Å². The Labute approximate surface area is 171 Å². The van der Waals surface area contributed by atoms with E-state index in [0.717, 1.165) is 29.9 Å². The lowest BCUT2D eigenvalue weighted by molar-refractivity contribution is -0.116. The first kappa shape index (κ1) is 20.7. The molecule has 0 radical (unpaired) electrons. The Balaban J connectivity index is 1.56. The van der Waals surface area contributed by atoms with E-state index in [1.807, 2.05) is 36.4 Å². The Morgan fingerprint density at radius 3 is 2.59 bits per heavy atom. The van der Waals surface area contributed by atoms with Gasteiger partial charge in [-0.15, -0.1) is 0 Å². The van der Waals surface area contributed by atoms with Crippen molar-refractivity contribution >= 4 is 11.6 Å². The molecule has 0 aliphatic heterocycles. The molecule has 29 heavy (non-hydrogen) atoms. The van der Waals surface area contributed by atoms with Crippen LogP contribution in [-0.4, -0.2) is 22.6 Å². The second-order valence-electron chi connectivity index (χ2n) is 7.27. The highest BCUT2D eigenvalue weighted by Gasteiger charge is 2.12. The van der Waals surface area contributed by atoms with Crippen LogP contribution in [0.1, 0.15) is 50.1 Å². The van der Waals surface area contributed by atoms with Crippen LogP contribution in [0.3, 0.4) is 0 Å². The van der Waals surface area contributed by atoms with Crippen LogP contribution in [-0.2, 0) is 17.8 Å². The molecule has 0 fully saturated rings. The second-order valence-corrected chi connectivity index (χ2v) is 7.27. The fourth-order valence-electron chi connectivity index (χ4n) is 2.98. The summed E-state index contributed by atoms with van der Waals surface area (Å²) in [7, 11) is 0. The summed E-state index contributed by atoms with van der Waals surface area (Å²) in [6, 6.07) is 16.0.